The SMILES string of the molecule is Cl.[2H]C([2H])([2H])NC(C)Cc1ccc2c(c1)OCO2. The molecule has 1 heterocycles. The van der Waals surface area contributed by atoms with Gasteiger partial charge in [0.25, 0.3) is 0 Å². The number of benzene rings is 1. The maximum atomic E-state index is 7.13. The van der Waals surface area contributed by atoms with E-state index in [0.29, 0.717) is 6.42 Å². The third-order valence-corrected chi connectivity index (χ3v) is 2.23. The Morgan fingerprint density at radius 1 is 1.47 bits per heavy atom. The zero-order valence-corrected chi connectivity index (χ0v) is 9.26. The van der Waals surface area contributed by atoms with Gasteiger partial charge in [0, 0.05) is 10.2 Å². The van der Waals surface area contributed by atoms with Crippen LogP contribution in [0.2, 0.25) is 0 Å². The van der Waals surface area contributed by atoms with Gasteiger partial charge in [0.2, 0.25) is 6.79 Å². The molecule has 0 saturated carbocycles. The minimum atomic E-state index is -2.10. The van der Waals surface area contributed by atoms with Crippen molar-refractivity contribution in [1.82, 2.24) is 5.32 Å². The zero-order chi connectivity index (χ0) is 12.5. The van der Waals surface area contributed by atoms with Crippen LogP contribution in [0.1, 0.15) is 16.6 Å². The van der Waals surface area contributed by atoms with E-state index in [9.17, 15) is 0 Å². The first-order valence-corrected chi connectivity index (χ1v) is 4.60. The lowest BCUT2D eigenvalue weighted by Gasteiger charge is -2.09. The van der Waals surface area contributed by atoms with Gasteiger partial charge in [-0.15, -0.1) is 12.4 Å². The minimum absolute atomic E-state index is 0. The van der Waals surface area contributed by atoms with Gasteiger partial charge in [-0.2, -0.15) is 0 Å². The van der Waals surface area contributed by atoms with E-state index >= 15 is 0 Å². The molecule has 0 saturated heterocycles. The Balaban J connectivity index is 0.00000162. The van der Waals surface area contributed by atoms with E-state index in [-0.39, 0.29) is 25.2 Å². The largest absolute Gasteiger partial charge is 0.454 e. The summed E-state index contributed by atoms with van der Waals surface area (Å²) in [5.74, 6) is 1.47. The first-order chi connectivity index (χ1) is 7.94. The molecule has 0 spiro atoms. The minimum Gasteiger partial charge on any atom is -0.454 e. The summed E-state index contributed by atoms with van der Waals surface area (Å²) in [5.41, 5.74) is 1.03. The Morgan fingerprint density at radius 2 is 2.27 bits per heavy atom. The van der Waals surface area contributed by atoms with Crippen molar-refractivity contribution < 1.29 is 13.6 Å². The maximum Gasteiger partial charge on any atom is 0.231 e. The molecule has 15 heavy (non-hydrogen) atoms. The first kappa shape index (κ1) is 8.25. The fourth-order valence-corrected chi connectivity index (χ4v) is 1.47. The fourth-order valence-electron chi connectivity index (χ4n) is 1.47. The van der Waals surface area contributed by atoms with Gasteiger partial charge in [0.1, 0.15) is 0 Å². The smallest absolute Gasteiger partial charge is 0.231 e. The molecule has 0 amide bonds. The topological polar surface area (TPSA) is 30.5 Å². The number of rotatable bonds is 3. The summed E-state index contributed by atoms with van der Waals surface area (Å²) in [6, 6.07) is 5.54. The number of hydrogen-bond donors (Lipinski definition) is 1. The van der Waals surface area contributed by atoms with E-state index in [0.717, 1.165) is 17.1 Å². The normalized spacial score (nSPS) is 18.3. The van der Waals surface area contributed by atoms with Crippen molar-refractivity contribution >= 4 is 12.4 Å². The van der Waals surface area contributed by atoms with E-state index in [2.05, 4.69) is 5.32 Å². The van der Waals surface area contributed by atoms with Crippen molar-refractivity contribution in [3.63, 3.8) is 0 Å². The number of halogens is 1. The summed E-state index contributed by atoms with van der Waals surface area (Å²) < 4.78 is 31.9. The van der Waals surface area contributed by atoms with Gasteiger partial charge >= 0.3 is 0 Å². The predicted octanol–water partition coefficient (Wildman–Crippen LogP) is 1.99. The van der Waals surface area contributed by atoms with Gasteiger partial charge in [-0.05, 0) is 38.0 Å². The third kappa shape index (κ3) is 2.76. The average Bonchev–Trinajstić information content (AvgIpc) is 2.61. The van der Waals surface area contributed by atoms with Crippen LogP contribution in [0.3, 0.4) is 0 Å². The van der Waals surface area contributed by atoms with Gasteiger partial charge in [0.15, 0.2) is 11.5 Å². The average molecular weight is 233 g/mol. The molecule has 4 heteroatoms. The van der Waals surface area contributed by atoms with E-state index in [4.69, 9.17) is 13.6 Å². The second-order valence-electron chi connectivity index (χ2n) is 3.44. The molecule has 1 atom stereocenters. The Hall–Kier alpha value is -0.930. The van der Waals surface area contributed by atoms with Gasteiger partial charge in [-0.25, -0.2) is 0 Å². The Kier molecular flexibility index (Phi) is 2.88. The van der Waals surface area contributed by atoms with Crippen LogP contribution in [0.4, 0.5) is 0 Å². The molecule has 3 nitrogen and oxygen atoms in total. The molecule has 84 valence electrons. The number of ether oxygens (including phenoxy) is 2. The summed E-state index contributed by atoms with van der Waals surface area (Å²) in [6.45, 7) is -0.00539. The third-order valence-electron chi connectivity index (χ3n) is 2.23. The van der Waals surface area contributed by atoms with Crippen molar-refractivity contribution in [1.29, 1.82) is 0 Å². The van der Waals surface area contributed by atoms with E-state index in [1.54, 1.807) is 0 Å². The monoisotopic (exact) mass is 232 g/mol. The molecule has 1 aliphatic heterocycles. The second-order valence-corrected chi connectivity index (χ2v) is 3.44. The maximum absolute atomic E-state index is 7.13. The van der Waals surface area contributed by atoms with Crippen LogP contribution in [0.15, 0.2) is 18.2 Å². The number of nitrogens with one attached hydrogen (secondary N) is 1. The summed E-state index contributed by atoms with van der Waals surface area (Å²) in [5, 5.41) is 2.56. The first-order valence-electron chi connectivity index (χ1n) is 6.10. The van der Waals surface area contributed by atoms with Gasteiger partial charge in [-0.3, -0.25) is 0 Å². The lowest BCUT2D eigenvalue weighted by Crippen LogP contribution is -2.23. The van der Waals surface area contributed by atoms with Crippen LogP contribution < -0.4 is 14.8 Å². The van der Waals surface area contributed by atoms with Crippen LogP contribution >= 0.6 is 12.4 Å². The van der Waals surface area contributed by atoms with Crippen LogP contribution in [-0.4, -0.2) is 19.8 Å². The molecule has 1 aromatic carbocycles. The van der Waals surface area contributed by atoms with E-state index in [1.807, 2.05) is 25.1 Å². The molecular weight excluding hydrogens is 214 g/mol. The van der Waals surface area contributed by atoms with Crippen molar-refractivity contribution in [3.05, 3.63) is 23.8 Å². The van der Waals surface area contributed by atoms with Crippen LogP contribution in [0, 0.1) is 0 Å². The molecule has 1 aromatic rings. The van der Waals surface area contributed by atoms with Gasteiger partial charge in [-0.1, -0.05) is 6.07 Å². The number of likely N-dealkylation sites (N-methyl/N-ethyl adjacent to an activating group) is 1. The Bertz CT molecular complexity index is 412. The quantitative estimate of drug-likeness (QED) is 0.865. The number of hydrogen-bond acceptors (Lipinski definition) is 3. The summed E-state index contributed by atoms with van der Waals surface area (Å²) in [7, 11) is 0. The molecule has 1 unspecified atom stereocenters. The zero-order valence-electron chi connectivity index (χ0n) is 11.4. The van der Waals surface area contributed by atoms with Crippen LogP contribution in [0.5, 0.6) is 11.5 Å². The van der Waals surface area contributed by atoms with E-state index in [1.165, 1.54) is 0 Å². The van der Waals surface area contributed by atoms with Gasteiger partial charge in [0.05, 0.1) is 0 Å². The highest BCUT2D eigenvalue weighted by atomic mass is 35.5. The van der Waals surface area contributed by atoms with Crippen LogP contribution in [0.25, 0.3) is 0 Å². The lowest BCUT2D eigenvalue weighted by atomic mass is 10.1. The van der Waals surface area contributed by atoms with Crippen molar-refractivity contribution in [2.45, 2.75) is 19.4 Å². The molecule has 0 bridgehead atoms. The van der Waals surface area contributed by atoms with Crippen LogP contribution in [-0.2, 0) is 6.42 Å². The van der Waals surface area contributed by atoms with Crippen molar-refractivity contribution in [3.8, 4) is 11.5 Å². The molecule has 0 fully saturated rings. The van der Waals surface area contributed by atoms with E-state index < -0.39 is 6.98 Å². The van der Waals surface area contributed by atoms with Gasteiger partial charge < -0.3 is 14.8 Å². The lowest BCUT2D eigenvalue weighted by molar-refractivity contribution is 0.174. The standard InChI is InChI=1S/C11H15NO2.ClH/c1-8(12-2)5-9-3-4-10-11(6-9)14-7-13-10;/h3-4,6,8,12H,5,7H2,1-2H3;1H/i2D3;. The fraction of sp³-hybridized carbons (Fsp3) is 0.455. The van der Waals surface area contributed by atoms with Crippen molar-refractivity contribution in [2.75, 3.05) is 13.8 Å². The van der Waals surface area contributed by atoms with Crippen molar-refractivity contribution in [2.24, 2.45) is 0 Å². The highest BCUT2D eigenvalue weighted by Gasteiger charge is 2.13. The summed E-state index contributed by atoms with van der Waals surface area (Å²) >= 11 is 0. The molecular formula is C11H16ClNO2. The molecule has 1 aliphatic rings. The molecule has 2 rings (SSSR count). The highest BCUT2D eigenvalue weighted by molar-refractivity contribution is 5.85. The molecule has 0 radical (unpaired) electrons. The highest BCUT2D eigenvalue weighted by Crippen LogP contribution is 2.32. The summed E-state index contributed by atoms with van der Waals surface area (Å²) in [4.78, 5) is 0. The summed E-state index contributed by atoms with van der Waals surface area (Å²) in [6.07, 6.45) is 0.634. The molecule has 1 N–H and O–H groups in total. The second kappa shape index (κ2) is 5.24. The molecule has 0 aliphatic carbocycles. The Labute approximate surface area is 100 Å². The number of fused-ring (bicyclic) bond motifs is 1. The molecule has 0 aromatic heterocycles. The Morgan fingerprint density at radius 3 is 3.07 bits per heavy atom. The predicted molar refractivity (Wildman–Crippen MR) is 62.0 cm³/mol.